The Hall–Kier alpha value is -3.23. The van der Waals surface area contributed by atoms with Crippen LogP contribution in [-0.4, -0.2) is 42.9 Å². The number of rotatable bonds is 9. The average molecular weight is 377 g/mol. The van der Waals surface area contributed by atoms with Crippen molar-refractivity contribution in [1.82, 2.24) is 10.2 Å². The molecule has 146 valence electrons. The van der Waals surface area contributed by atoms with Crippen molar-refractivity contribution in [2.45, 2.75) is 25.7 Å². The maximum atomic E-state index is 12.4. The SMILES string of the molecule is CCOC(=O)Cc1[nH][nH]c(=O)c1[C@H](CC(N)=O)c1ccc(OC)c(OC)c1. The van der Waals surface area contributed by atoms with Crippen LogP contribution in [-0.2, 0) is 20.7 Å². The topological polar surface area (TPSA) is 136 Å². The van der Waals surface area contributed by atoms with Gasteiger partial charge in [0, 0.05) is 17.9 Å². The van der Waals surface area contributed by atoms with Gasteiger partial charge in [-0.15, -0.1) is 0 Å². The van der Waals surface area contributed by atoms with Crippen molar-refractivity contribution in [3.63, 3.8) is 0 Å². The van der Waals surface area contributed by atoms with Crippen molar-refractivity contribution in [1.29, 1.82) is 0 Å². The number of esters is 1. The third kappa shape index (κ3) is 4.69. The highest BCUT2D eigenvalue weighted by atomic mass is 16.5. The van der Waals surface area contributed by atoms with Gasteiger partial charge < -0.3 is 25.0 Å². The first kappa shape index (κ1) is 20.1. The summed E-state index contributed by atoms with van der Waals surface area (Å²) in [7, 11) is 2.99. The van der Waals surface area contributed by atoms with Crippen molar-refractivity contribution < 1.29 is 23.8 Å². The number of aromatic amines is 2. The first-order valence-corrected chi connectivity index (χ1v) is 8.36. The van der Waals surface area contributed by atoms with Crippen LogP contribution in [0.1, 0.15) is 36.1 Å². The van der Waals surface area contributed by atoms with Gasteiger partial charge in [0.15, 0.2) is 11.5 Å². The monoisotopic (exact) mass is 377 g/mol. The number of primary amides is 1. The molecule has 27 heavy (non-hydrogen) atoms. The number of nitrogens with two attached hydrogens (primary N) is 1. The summed E-state index contributed by atoms with van der Waals surface area (Å²) >= 11 is 0. The zero-order valence-corrected chi connectivity index (χ0v) is 15.5. The first-order chi connectivity index (χ1) is 12.9. The molecule has 0 saturated heterocycles. The number of amides is 1. The van der Waals surface area contributed by atoms with E-state index < -0.39 is 23.4 Å². The second kappa shape index (κ2) is 8.93. The summed E-state index contributed by atoms with van der Waals surface area (Å²) in [5.41, 5.74) is 6.20. The van der Waals surface area contributed by atoms with Gasteiger partial charge in [-0.1, -0.05) is 6.07 Å². The Morgan fingerprint density at radius 2 is 1.85 bits per heavy atom. The van der Waals surface area contributed by atoms with Gasteiger partial charge in [0.25, 0.3) is 5.56 Å². The molecule has 0 spiro atoms. The van der Waals surface area contributed by atoms with E-state index in [1.165, 1.54) is 14.2 Å². The van der Waals surface area contributed by atoms with Gasteiger partial charge in [-0.05, 0) is 24.6 Å². The predicted octanol–water partition coefficient (Wildman–Crippen LogP) is 0.833. The number of hydrogen-bond donors (Lipinski definition) is 3. The summed E-state index contributed by atoms with van der Waals surface area (Å²) in [5.74, 6) is -0.782. The van der Waals surface area contributed by atoms with E-state index in [2.05, 4.69) is 10.2 Å². The Bertz CT molecular complexity index is 870. The third-order valence-corrected chi connectivity index (χ3v) is 4.09. The summed E-state index contributed by atoms with van der Waals surface area (Å²) in [6, 6.07) is 5.07. The normalized spacial score (nSPS) is 11.7. The van der Waals surface area contributed by atoms with Crippen LogP contribution in [0.4, 0.5) is 0 Å². The van der Waals surface area contributed by atoms with E-state index in [4.69, 9.17) is 19.9 Å². The van der Waals surface area contributed by atoms with Gasteiger partial charge in [0.05, 0.1) is 32.9 Å². The van der Waals surface area contributed by atoms with Gasteiger partial charge in [0.2, 0.25) is 5.91 Å². The smallest absolute Gasteiger partial charge is 0.311 e. The van der Waals surface area contributed by atoms with E-state index in [1.54, 1.807) is 25.1 Å². The maximum absolute atomic E-state index is 12.4. The number of carbonyl (C=O) groups is 2. The van der Waals surface area contributed by atoms with Crippen molar-refractivity contribution in [3.05, 3.63) is 45.4 Å². The van der Waals surface area contributed by atoms with E-state index in [1.807, 2.05) is 0 Å². The first-order valence-electron chi connectivity index (χ1n) is 8.36. The average Bonchev–Trinajstić information content (AvgIpc) is 2.99. The largest absolute Gasteiger partial charge is 0.493 e. The lowest BCUT2D eigenvalue weighted by Crippen LogP contribution is -2.22. The van der Waals surface area contributed by atoms with E-state index in [0.29, 0.717) is 22.8 Å². The number of carbonyl (C=O) groups excluding carboxylic acids is 2. The Kier molecular flexibility index (Phi) is 6.64. The molecule has 1 aromatic carbocycles. The number of methoxy groups -OCH3 is 2. The lowest BCUT2D eigenvalue weighted by molar-refractivity contribution is -0.142. The van der Waals surface area contributed by atoms with Crippen LogP contribution in [0.5, 0.6) is 11.5 Å². The molecule has 1 amide bonds. The number of nitrogens with one attached hydrogen (secondary N) is 2. The molecular weight excluding hydrogens is 354 g/mol. The van der Waals surface area contributed by atoms with E-state index >= 15 is 0 Å². The summed E-state index contributed by atoms with van der Waals surface area (Å²) in [4.78, 5) is 35.9. The lowest BCUT2D eigenvalue weighted by atomic mass is 9.87. The molecular formula is C18H23N3O6. The fraction of sp³-hybridized carbons (Fsp3) is 0.389. The molecule has 0 aliphatic carbocycles. The van der Waals surface area contributed by atoms with Crippen LogP contribution in [0.3, 0.4) is 0 Å². The minimum atomic E-state index is -0.665. The molecule has 2 aromatic rings. The fourth-order valence-corrected chi connectivity index (χ4v) is 2.93. The van der Waals surface area contributed by atoms with Gasteiger partial charge in [-0.3, -0.25) is 19.5 Å². The second-order valence-electron chi connectivity index (χ2n) is 5.79. The summed E-state index contributed by atoms with van der Waals surface area (Å²) in [6.07, 6.45) is -0.253. The Balaban J connectivity index is 2.52. The zero-order chi connectivity index (χ0) is 20.0. The summed E-state index contributed by atoms with van der Waals surface area (Å²) < 4.78 is 15.5. The molecule has 0 fully saturated rings. The molecule has 0 bridgehead atoms. The van der Waals surface area contributed by atoms with Gasteiger partial charge in [-0.25, -0.2) is 0 Å². The number of H-pyrrole nitrogens is 2. The highest BCUT2D eigenvalue weighted by Gasteiger charge is 2.26. The Labute approximate surface area is 155 Å². The minimum absolute atomic E-state index is 0.119. The van der Waals surface area contributed by atoms with Crippen LogP contribution < -0.4 is 20.8 Å². The van der Waals surface area contributed by atoms with Crippen LogP contribution >= 0.6 is 0 Å². The molecule has 9 nitrogen and oxygen atoms in total. The number of aromatic nitrogens is 2. The second-order valence-corrected chi connectivity index (χ2v) is 5.79. The van der Waals surface area contributed by atoms with Crippen LogP contribution in [0.15, 0.2) is 23.0 Å². The minimum Gasteiger partial charge on any atom is -0.493 e. The van der Waals surface area contributed by atoms with E-state index in [0.717, 1.165) is 0 Å². The quantitative estimate of drug-likeness (QED) is 0.554. The molecule has 0 aliphatic heterocycles. The molecule has 2 rings (SSSR count). The van der Waals surface area contributed by atoms with Crippen molar-refractivity contribution in [2.75, 3.05) is 20.8 Å². The molecule has 1 aromatic heterocycles. The fourth-order valence-electron chi connectivity index (χ4n) is 2.93. The van der Waals surface area contributed by atoms with Crippen molar-refractivity contribution in [3.8, 4) is 11.5 Å². The highest BCUT2D eigenvalue weighted by molar-refractivity contribution is 5.76. The van der Waals surface area contributed by atoms with E-state index in [-0.39, 0.29) is 25.0 Å². The van der Waals surface area contributed by atoms with Gasteiger partial charge in [-0.2, -0.15) is 0 Å². The van der Waals surface area contributed by atoms with Crippen LogP contribution in [0, 0.1) is 0 Å². The highest BCUT2D eigenvalue weighted by Crippen LogP contribution is 2.34. The van der Waals surface area contributed by atoms with Crippen molar-refractivity contribution in [2.24, 2.45) is 5.73 Å². The number of ether oxygens (including phenoxy) is 3. The van der Waals surface area contributed by atoms with Crippen molar-refractivity contribution >= 4 is 11.9 Å². The Morgan fingerprint density at radius 3 is 2.44 bits per heavy atom. The molecule has 9 heteroatoms. The zero-order valence-electron chi connectivity index (χ0n) is 15.5. The maximum Gasteiger partial charge on any atom is 0.311 e. The van der Waals surface area contributed by atoms with Crippen LogP contribution in [0.25, 0.3) is 0 Å². The number of hydrogen-bond acceptors (Lipinski definition) is 6. The molecule has 0 radical (unpaired) electrons. The van der Waals surface area contributed by atoms with Gasteiger partial charge in [0.1, 0.15) is 0 Å². The molecule has 4 N–H and O–H groups in total. The standard InChI is InChI=1S/C18H23N3O6/c1-4-27-16(23)9-12-17(18(24)21-20-12)11(8-15(19)22)10-5-6-13(25-2)14(7-10)26-3/h5-7,11H,4,8-9H2,1-3H3,(H2,19,22)(H2,20,21,24)/t11-/m1/s1. The summed E-state index contributed by atoms with van der Waals surface area (Å²) in [6.45, 7) is 1.92. The third-order valence-electron chi connectivity index (χ3n) is 4.09. The number of benzene rings is 1. The molecule has 0 aliphatic rings. The Morgan fingerprint density at radius 1 is 1.15 bits per heavy atom. The molecule has 0 unspecified atom stereocenters. The predicted molar refractivity (Wildman–Crippen MR) is 97.0 cm³/mol. The van der Waals surface area contributed by atoms with Crippen LogP contribution in [0.2, 0.25) is 0 Å². The summed E-state index contributed by atoms with van der Waals surface area (Å²) in [5, 5.41) is 5.15. The molecule has 1 heterocycles. The lowest BCUT2D eigenvalue weighted by Gasteiger charge is -2.17. The van der Waals surface area contributed by atoms with E-state index in [9.17, 15) is 14.4 Å². The van der Waals surface area contributed by atoms with Gasteiger partial charge >= 0.3 is 5.97 Å². The molecule has 1 atom stereocenters. The molecule has 0 saturated carbocycles.